The van der Waals surface area contributed by atoms with Gasteiger partial charge in [-0.15, -0.1) is 0 Å². The Hall–Kier alpha value is -3.14. The van der Waals surface area contributed by atoms with Gasteiger partial charge in [-0.25, -0.2) is 4.79 Å². The Labute approximate surface area is 131 Å². The number of amides is 1. The molecule has 2 N–H and O–H groups in total. The second-order valence-electron chi connectivity index (χ2n) is 4.85. The molecule has 2 aromatic rings. The fourth-order valence-electron chi connectivity index (χ4n) is 2.49. The summed E-state index contributed by atoms with van der Waals surface area (Å²) in [5.74, 6) is -3.24. The Morgan fingerprint density at radius 3 is 2.61 bits per heavy atom. The van der Waals surface area contributed by atoms with Gasteiger partial charge < -0.3 is 15.0 Å². The van der Waals surface area contributed by atoms with Crippen LogP contribution in [-0.2, 0) is 16.6 Å². The summed E-state index contributed by atoms with van der Waals surface area (Å²) in [6, 6.07) is 8.44. The molecule has 1 atom stereocenters. The fourth-order valence-corrected chi connectivity index (χ4v) is 2.49. The fraction of sp³-hybridized carbons (Fsp3) is 0.250. The summed E-state index contributed by atoms with van der Waals surface area (Å²) in [4.78, 5) is 36.4. The summed E-state index contributed by atoms with van der Waals surface area (Å²) in [7, 11) is 1.50. The number of para-hydroxylation sites is 1. The monoisotopic (exact) mass is 313 g/mol. The number of pyridine rings is 1. The lowest BCUT2D eigenvalue weighted by atomic mass is 9.91. The maximum absolute atomic E-state index is 12.6. The largest absolute Gasteiger partial charge is 0.462 e. The van der Waals surface area contributed by atoms with Crippen molar-refractivity contribution in [3.63, 3.8) is 0 Å². The molecule has 0 saturated carbocycles. The van der Waals surface area contributed by atoms with Crippen LogP contribution in [0.4, 0.5) is 0 Å². The van der Waals surface area contributed by atoms with Gasteiger partial charge in [0.1, 0.15) is 5.56 Å². The minimum absolute atomic E-state index is 0.00264. The number of benzene rings is 1. The standard InChI is InChI=1S/C16H15N3O4/c1-3-23-16(22)13-12(10(8-17)14(18)20)9-6-4-5-7-11(9)19(2)15(13)21/h4-7,10H,3H2,1-2H3,(H2,18,20)/t10-/m0/s1. The summed E-state index contributed by atoms with van der Waals surface area (Å²) in [6.07, 6.45) is 0. The van der Waals surface area contributed by atoms with Gasteiger partial charge >= 0.3 is 5.97 Å². The molecule has 0 aliphatic carbocycles. The van der Waals surface area contributed by atoms with E-state index in [-0.39, 0.29) is 17.7 Å². The van der Waals surface area contributed by atoms with E-state index in [4.69, 9.17) is 10.5 Å². The van der Waals surface area contributed by atoms with Gasteiger partial charge in [0, 0.05) is 18.0 Å². The Morgan fingerprint density at radius 2 is 2.04 bits per heavy atom. The van der Waals surface area contributed by atoms with Gasteiger partial charge in [-0.2, -0.15) is 5.26 Å². The van der Waals surface area contributed by atoms with Gasteiger partial charge in [0.25, 0.3) is 5.56 Å². The first kappa shape index (κ1) is 16.2. The van der Waals surface area contributed by atoms with Crippen molar-refractivity contribution in [2.75, 3.05) is 6.61 Å². The minimum atomic E-state index is -1.42. The molecule has 1 heterocycles. The lowest BCUT2D eigenvalue weighted by Gasteiger charge is -2.16. The number of aromatic nitrogens is 1. The van der Waals surface area contributed by atoms with E-state index in [1.807, 2.05) is 0 Å². The second kappa shape index (κ2) is 6.32. The van der Waals surface area contributed by atoms with Crippen LogP contribution in [0, 0.1) is 11.3 Å². The summed E-state index contributed by atoms with van der Waals surface area (Å²) in [5.41, 5.74) is 4.79. The van der Waals surface area contributed by atoms with Crippen LogP contribution in [-0.4, -0.2) is 23.1 Å². The molecule has 2 rings (SSSR count). The van der Waals surface area contributed by atoms with Crippen LogP contribution in [0.2, 0.25) is 0 Å². The highest BCUT2D eigenvalue weighted by Crippen LogP contribution is 2.27. The van der Waals surface area contributed by atoms with E-state index in [1.165, 1.54) is 11.6 Å². The molecule has 1 amide bonds. The first-order chi connectivity index (χ1) is 10.9. The number of rotatable bonds is 4. The van der Waals surface area contributed by atoms with Crippen molar-refractivity contribution >= 4 is 22.8 Å². The number of nitriles is 1. The number of carbonyl (C=O) groups is 2. The summed E-state index contributed by atoms with van der Waals surface area (Å²) >= 11 is 0. The summed E-state index contributed by atoms with van der Waals surface area (Å²) in [6.45, 7) is 1.65. The highest BCUT2D eigenvalue weighted by molar-refractivity contribution is 6.02. The van der Waals surface area contributed by atoms with Gasteiger partial charge in [-0.3, -0.25) is 9.59 Å². The number of nitrogens with two attached hydrogens (primary N) is 1. The molecule has 7 heteroatoms. The molecule has 7 nitrogen and oxygen atoms in total. The predicted octanol–water partition coefficient (Wildman–Crippen LogP) is 0.808. The van der Waals surface area contributed by atoms with Gasteiger partial charge in [-0.05, 0) is 13.0 Å². The smallest absolute Gasteiger partial charge is 0.344 e. The van der Waals surface area contributed by atoms with Crippen molar-refractivity contribution < 1.29 is 14.3 Å². The number of carbonyl (C=O) groups excluding carboxylic acids is 2. The lowest BCUT2D eigenvalue weighted by Crippen LogP contribution is -2.31. The molecule has 1 aromatic heterocycles. The molecule has 0 bridgehead atoms. The quantitative estimate of drug-likeness (QED) is 0.839. The highest BCUT2D eigenvalue weighted by atomic mass is 16.5. The SMILES string of the molecule is CCOC(=O)c1c([C@H](C#N)C(N)=O)c2ccccc2n(C)c1=O. The number of hydrogen-bond acceptors (Lipinski definition) is 5. The first-order valence-electron chi connectivity index (χ1n) is 6.91. The molecule has 1 aromatic carbocycles. The predicted molar refractivity (Wildman–Crippen MR) is 82.7 cm³/mol. The third kappa shape index (κ3) is 2.66. The van der Waals surface area contributed by atoms with Gasteiger partial charge in [0.15, 0.2) is 5.92 Å². The Bertz CT molecular complexity index is 893. The summed E-state index contributed by atoms with van der Waals surface area (Å²) in [5, 5.41) is 9.73. The minimum Gasteiger partial charge on any atom is -0.462 e. The third-order valence-corrected chi connectivity index (χ3v) is 3.53. The maximum atomic E-state index is 12.6. The molecule has 23 heavy (non-hydrogen) atoms. The van der Waals surface area contributed by atoms with Crippen molar-refractivity contribution in [1.29, 1.82) is 5.26 Å². The average molecular weight is 313 g/mol. The van der Waals surface area contributed by atoms with Crippen LogP contribution in [0.15, 0.2) is 29.1 Å². The van der Waals surface area contributed by atoms with E-state index in [0.717, 1.165) is 0 Å². The maximum Gasteiger partial charge on any atom is 0.344 e. The van der Waals surface area contributed by atoms with E-state index in [1.54, 1.807) is 37.3 Å². The molecule has 0 spiro atoms. The van der Waals surface area contributed by atoms with Gasteiger partial charge in [-0.1, -0.05) is 18.2 Å². The zero-order valence-electron chi connectivity index (χ0n) is 12.7. The Morgan fingerprint density at radius 1 is 1.39 bits per heavy atom. The van der Waals surface area contributed by atoms with Crippen molar-refractivity contribution in [2.24, 2.45) is 12.8 Å². The second-order valence-corrected chi connectivity index (χ2v) is 4.85. The van der Waals surface area contributed by atoms with E-state index in [2.05, 4.69) is 0 Å². The molecular weight excluding hydrogens is 298 g/mol. The van der Waals surface area contributed by atoms with Crippen LogP contribution < -0.4 is 11.3 Å². The lowest BCUT2D eigenvalue weighted by molar-refractivity contribution is -0.118. The number of esters is 1. The van der Waals surface area contributed by atoms with E-state index < -0.39 is 23.4 Å². The van der Waals surface area contributed by atoms with Crippen molar-refractivity contribution in [1.82, 2.24) is 4.57 Å². The summed E-state index contributed by atoms with van der Waals surface area (Å²) < 4.78 is 6.19. The van der Waals surface area contributed by atoms with Crippen molar-refractivity contribution in [3.05, 3.63) is 45.7 Å². The number of primary amides is 1. The number of ether oxygens (including phenoxy) is 1. The van der Waals surface area contributed by atoms with E-state index >= 15 is 0 Å². The van der Waals surface area contributed by atoms with E-state index in [0.29, 0.717) is 10.9 Å². The van der Waals surface area contributed by atoms with Crippen molar-refractivity contribution in [3.8, 4) is 6.07 Å². The highest BCUT2D eigenvalue weighted by Gasteiger charge is 2.30. The molecule has 0 aliphatic heterocycles. The van der Waals surface area contributed by atoms with Crippen LogP contribution in [0.3, 0.4) is 0 Å². The van der Waals surface area contributed by atoms with Gasteiger partial charge in [0.05, 0.1) is 18.2 Å². The molecule has 0 aliphatic rings. The first-order valence-corrected chi connectivity index (χ1v) is 6.91. The number of hydrogen-bond donors (Lipinski definition) is 1. The topological polar surface area (TPSA) is 115 Å². The molecular formula is C16H15N3O4. The zero-order chi connectivity index (χ0) is 17.1. The van der Waals surface area contributed by atoms with Crippen molar-refractivity contribution in [2.45, 2.75) is 12.8 Å². The molecule has 118 valence electrons. The molecule has 0 saturated heterocycles. The Balaban J connectivity index is 3.01. The normalized spacial score (nSPS) is 11.7. The number of fused-ring (bicyclic) bond motifs is 1. The molecule has 0 radical (unpaired) electrons. The third-order valence-electron chi connectivity index (χ3n) is 3.53. The molecule has 0 unspecified atom stereocenters. The molecule has 0 fully saturated rings. The van der Waals surface area contributed by atoms with Crippen LogP contribution in [0.25, 0.3) is 10.9 Å². The number of nitrogens with zero attached hydrogens (tertiary/aromatic N) is 2. The number of aryl methyl sites for hydroxylation is 1. The van der Waals surface area contributed by atoms with Crippen LogP contribution >= 0.6 is 0 Å². The zero-order valence-corrected chi connectivity index (χ0v) is 12.7. The van der Waals surface area contributed by atoms with E-state index in [9.17, 15) is 19.6 Å². The Kier molecular flexibility index (Phi) is 4.46. The van der Waals surface area contributed by atoms with Gasteiger partial charge in [0.2, 0.25) is 5.91 Å². The van der Waals surface area contributed by atoms with Crippen LogP contribution in [0.5, 0.6) is 0 Å². The average Bonchev–Trinajstić information content (AvgIpc) is 2.52. The van der Waals surface area contributed by atoms with Crippen LogP contribution in [0.1, 0.15) is 28.8 Å².